The fraction of sp³-hybridized carbons (Fsp3) is 0.333. The van der Waals surface area contributed by atoms with Gasteiger partial charge in [-0.1, -0.05) is 35.3 Å². The number of carbonyl (C=O) groups is 2. The average Bonchev–Trinajstić information content (AvgIpc) is 3.10. The molecule has 2 amide bonds. The van der Waals surface area contributed by atoms with Crippen molar-refractivity contribution in [3.63, 3.8) is 0 Å². The van der Waals surface area contributed by atoms with E-state index >= 15 is 0 Å². The van der Waals surface area contributed by atoms with Crippen LogP contribution in [-0.4, -0.2) is 31.4 Å². The Balaban J connectivity index is 1.56. The molecule has 0 saturated heterocycles. The molecule has 0 unspecified atom stereocenters. The first-order chi connectivity index (χ1) is 14.7. The third-order valence-corrected chi connectivity index (χ3v) is 5.97. The van der Waals surface area contributed by atoms with Gasteiger partial charge in [0, 0.05) is 12.2 Å². The van der Waals surface area contributed by atoms with Crippen LogP contribution in [-0.2, 0) is 29.2 Å². The van der Waals surface area contributed by atoms with Crippen molar-refractivity contribution in [1.29, 1.82) is 0 Å². The molecule has 3 rings (SSSR count). The Morgan fingerprint density at radius 3 is 1.97 bits per heavy atom. The number of anilines is 1. The Bertz CT molecular complexity index is 1140. The lowest BCUT2D eigenvalue weighted by Crippen LogP contribution is -2.28. The van der Waals surface area contributed by atoms with Crippen molar-refractivity contribution >= 4 is 40.7 Å². The molecule has 164 valence electrons. The number of hydrogen-bond acceptors (Lipinski definition) is 4. The molecular weight excluding hydrogens is 439 g/mol. The summed E-state index contributed by atoms with van der Waals surface area (Å²) in [6, 6.07) is 7.29. The van der Waals surface area contributed by atoms with Crippen LogP contribution in [0.25, 0.3) is 0 Å². The average molecular weight is 463 g/mol. The van der Waals surface area contributed by atoms with Gasteiger partial charge in [-0.3, -0.25) is 19.0 Å². The van der Waals surface area contributed by atoms with E-state index in [4.69, 9.17) is 23.2 Å². The van der Waals surface area contributed by atoms with Crippen molar-refractivity contribution in [2.45, 2.75) is 47.3 Å². The number of carbonyl (C=O) groups excluding carboxylic acids is 2. The van der Waals surface area contributed by atoms with Gasteiger partial charge in [-0.2, -0.15) is 10.2 Å². The molecule has 1 aromatic carbocycles. The van der Waals surface area contributed by atoms with Crippen LogP contribution in [0, 0.1) is 27.7 Å². The smallest absolute Gasteiger partial charge is 0.246 e. The molecule has 0 aliphatic rings. The van der Waals surface area contributed by atoms with Gasteiger partial charge >= 0.3 is 0 Å². The fourth-order valence-corrected chi connectivity index (χ4v) is 3.42. The molecule has 2 heterocycles. The van der Waals surface area contributed by atoms with Gasteiger partial charge in [0.1, 0.15) is 13.1 Å². The summed E-state index contributed by atoms with van der Waals surface area (Å²) >= 11 is 12.3. The molecule has 0 aliphatic heterocycles. The fourth-order valence-electron chi connectivity index (χ4n) is 3.15. The van der Waals surface area contributed by atoms with Crippen molar-refractivity contribution in [3.8, 4) is 0 Å². The van der Waals surface area contributed by atoms with E-state index in [9.17, 15) is 9.59 Å². The van der Waals surface area contributed by atoms with Crippen LogP contribution in [0.5, 0.6) is 0 Å². The van der Waals surface area contributed by atoms with Gasteiger partial charge in [0.25, 0.3) is 0 Å². The Labute approximate surface area is 190 Å². The highest BCUT2D eigenvalue weighted by atomic mass is 35.5. The number of nitrogens with one attached hydrogen (secondary N) is 2. The van der Waals surface area contributed by atoms with Crippen LogP contribution >= 0.6 is 23.2 Å². The van der Waals surface area contributed by atoms with E-state index in [1.165, 1.54) is 0 Å². The number of halogens is 2. The van der Waals surface area contributed by atoms with Gasteiger partial charge in [-0.25, -0.2) is 0 Å². The van der Waals surface area contributed by atoms with E-state index in [2.05, 4.69) is 20.8 Å². The number of amides is 2. The molecule has 0 aliphatic carbocycles. The molecule has 0 radical (unpaired) electrons. The van der Waals surface area contributed by atoms with E-state index in [0.717, 1.165) is 17.0 Å². The van der Waals surface area contributed by atoms with Gasteiger partial charge in [0.15, 0.2) is 0 Å². The number of rotatable bonds is 7. The molecular formula is C21H24Cl2N6O2. The predicted octanol–water partition coefficient (Wildman–Crippen LogP) is 3.58. The molecule has 0 saturated carbocycles. The highest BCUT2D eigenvalue weighted by Gasteiger charge is 2.14. The Morgan fingerprint density at radius 2 is 1.45 bits per heavy atom. The highest BCUT2D eigenvalue weighted by molar-refractivity contribution is 6.32. The molecule has 0 atom stereocenters. The molecule has 3 aromatic rings. The second kappa shape index (κ2) is 9.53. The predicted molar refractivity (Wildman–Crippen MR) is 120 cm³/mol. The monoisotopic (exact) mass is 462 g/mol. The number of aromatic nitrogens is 4. The Kier molecular flexibility index (Phi) is 7.02. The topological polar surface area (TPSA) is 93.8 Å². The first-order valence-corrected chi connectivity index (χ1v) is 10.5. The number of benzene rings is 1. The summed E-state index contributed by atoms with van der Waals surface area (Å²) in [6.45, 7) is 7.70. The van der Waals surface area contributed by atoms with Gasteiger partial charge in [-0.15, -0.1) is 0 Å². The van der Waals surface area contributed by atoms with E-state index < -0.39 is 0 Å². The summed E-state index contributed by atoms with van der Waals surface area (Å²) in [5, 5.41) is 15.4. The standard InChI is InChI=1S/C21H24Cl2N6O2/c1-12-20(22)14(3)28(26-12)10-18(30)24-9-16-6-5-7-17(8-16)25-19(31)11-29-15(4)21(23)13(2)27-29/h5-8H,9-11H2,1-4H3,(H,24,30)(H,25,31). The Hall–Kier alpha value is -2.84. The lowest BCUT2D eigenvalue weighted by atomic mass is 10.2. The molecule has 8 nitrogen and oxygen atoms in total. The molecule has 0 bridgehead atoms. The molecule has 10 heteroatoms. The minimum atomic E-state index is -0.218. The number of hydrogen-bond donors (Lipinski definition) is 2. The van der Waals surface area contributed by atoms with Crippen LogP contribution in [0.4, 0.5) is 5.69 Å². The first-order valence-electron chi connectivity index (χ1n) is 9.70. The molecule has 0 fully saturated rings. The van der Waals surface area contributed by atoms with Crippen molar-refractivity contribution in [1.82, 2.24) is 24.9 Å². The largest absolute Gasteiger partial charge is 0.350 e. The van der Waals surface area contributed by atoms with Crippen molar-refractivity contribution in [2.75, 3.05) is 5.32 Å². The SMILES string of the molecule is Cc1nn(CC(=O)NCc2cccc(NC(=O)Cn3nc(C)c(Cl)c3C)c2)c(C)c1Cl. The van der Waals surface area contributed by atoms with E-state index in [1.807, 2.05) is 32.0 Å². The van der Waals surface area contributed by atoms with E-state index in [1.54, 1.807) is 29.3 Å². The third kappa shape index (κ3) is 5.45. The molecule has 31 heavy (non-hydrogen) atoms. The summed E-state index contributed by atoms with van der Waals surface area (Å²) < 4.78 is 3.15. The normalized spacial score (nSPS) is 10.9. The zero-order chi connectivity index (χ0) is 22.7. The van der Waals surface area contributed by atoms with Gasteiger partial charge in [0.05, 0.1) is 32.8 Å². The van der Waals surface area contributed by atoms with Crippen LogP contribution in [0.2, 0.25) is 10.0 Å². The lowest BCUT2D eigenvalue weighted by Gasteiger charge is -2.10. The lowest BCUT2D eigenvalue weighted by molar-refractivity contribution is -0.122. The second-order valence-corrected chi connectivity index (χ2v) is 8.07. The molecule has 2 aromatic heterocycles. The third-order valence-electron chi connectivity index (χ3n) is 4.87. The van der Waals surface area contributed by atoms with Gasteiger partial charge < -0.3 is 10.6 Å². The summed E-state index contributed by atoms with van der Waals surface area (Å²) in [5.41, 5.74) is 4.37. The summed E-state index contributed by atoms with van der Waals surface area (Å²) in [4.78, 5) is 24.7. The van der Waals surface area contributed by atoms with Crippen molar-refractivity contribution < 1.29 is 9.59 Å². The molecule has 2 N–H and O–H groups in total. The van der Waals surface area contributed by atoms with Crippen molar-refractivity contribution in [2.24, 2.45) is 0 Å². The highest BCUT2D eigenvalue weighted by Crippen LogP contribution is 2.20. The van der Waals surface area contributed by atoms with Crippen LogP contribution in [0.15, 0.2) is 24.3 Å². The maximum Gasteiger partial charge on any atom is 0.246 e. The zero-order valence-electron chi connectivity index (χ0n) is 17.8. The summed E-state index contributed by atoms with van der Waals surface area (Å²) in [5.74, 6) is -0.400. The van der Waals surface area contributed by atoms with Crippen LogP contribution < -0.4 is 10.6 Å². The maximum atomic E-state index is 12.4. The zero-order valence-corrected chi connectivity index (χ0v) is 19.3. The van der Waals surface area contributed by atoms with E-state index in [0.29, 0.717) is 33.7 Å². The molecule has 0 spiro atoms. The van der Waals surface area contributed by atoms with Crippen LogP contribution in [0.1, 0.15) is 28.3 Å². The second-order valence-electron chi connectivity index (χ2n) is 7.31. The summed E-state index contributed by atoms with van der Waals surface area (Å²) in [6.07, 6.45) is 0. The van der Waals surface area contributed by atoms with Crippen LogP contribution in [0.3, 0.4) is 0 Å². The van der Waals surface area contributed by atoms with Gasteiger partial charge in [0.2, 0.25) is 11.8 Å². The summed E-state index contributed by atoms with van der Waals surface area (Å²) in [7, 11) is 0. The van der Waals surface area contributed by atoms with Gasteiger partial charge in [-0.05, 0) is 45.4 Å². The maximum absolute atomic E-state index is 12.4. The number of aryl methyl sites for hydroxylation is 2. The first kappa shape index (κ1) is 22.8. The Morgan fingerprint density at radius 1 is 0.903 bits per heavy atom. The minimum Gasteiger partial charge on any atom is -0.350 e. The number of nitrogens with zero attached hydrogens (tertiary/aromatic N) is 4. The quantitative estimate of drug-likeness (QED) is 0.560. The minimum absolute atomic E-state index is 0.0611. The van der Waals surface area contributed by atoms with Crippen molar-refractivity contribution in [3.05, 3.63) is 62.6 Å². The van der Waals surface area contributed by atoms with E-state index in [-0.39, 0.29) is 24.9 Å².